The van der Waals surface area contributed by atoms with Crippen LogP contribution in [0.5, 0.6) is 5.75 Å². The van der Waals surface area contributed by atoms with Gasteiger partial charge in [-0.15, -0.1) is 0 Å². The Labute approximate surface area is 122 Å². The monoisotopic (exact) mass is 285 g/mol. The number of hydrogen-bond donors (Lipinski definition) is 3. The fraction of sp³-hybridized carbons (Fsp3) is 0.200. The summed E-state index contributed by atoms with van der Waals surface area (Å²) in [5.41, 5.74) is 1.38. The Bertz CT molecular complexity index is 673. The molecule has 0 saturated carbocycles. The van der Waals surface area contributed by atoms with E-state index in [1.807, 2.05) is 6.07 Å². The molecule has 0 unspecified atom stereocenters. The highest BCUT2D eigenvalue weighted by atomic mass is 16.5. The van der Waals surface area contributed by atoms with Gasteiger partial charge in [-0.3, -0.25) is 4.79 Å². The third-order valence-electron chi connectivity index (χ3n) is 3.04. The highest BCUT2D eigenvalue weighted by molar-refractivity contribution is 5.93. The number of benzene rings is 1. The van der Waals surface area contributed by atoms with Crippen LogP contribution in [0.2, 0.25) is 0 Å². The fourth-order valence-electron chi connectivity index (χ4n) is 1.92. The molecule has 6 nitrogen and oxygen atoms in total. The summed E-state index contributed by atoms with van der Waals surface area (Å²) in [6, 6.07) is 9.94. The summed E-state index contributed by atoms with van der Waals surface area (Å²) < 4.78 is 5.12. The predicted molar refractivity (Wildman–Crippen MR) is 75.8 cm³/mol. The summed E-state index contributed by atoms with van der Waals surface area (Å²) in [5.74, 6) is 0.255. The van der Waals surface area contributed by atoms with Crippen LogP contribution in [0.1, 0.15) is 27.7 Å². The average Bonchev–Trinajstić information content (AvgIpc) is 3.01. The number of amides is 1. The van der Waals surface area contributed by atoms with Crippen LogP contribution in [0.15, 0.2) is 36.5 Å². The van der Waals surface area contributed by atoms with Gasteiger partial charge in [0.1, 0.15) is 17.5 Å². The second-order valence-electron chi connectivity index (χ2n) is 4.40. The molecule has 1 amide bonds. The van der Waals surface area contributed by atoms with E-state index in [-0.39, 0.29) is 12.3 Å². The number of rotatable bonds is 5. The predicted octanol–water partition coefficient (Wildman–Crippen LogP) is 1.36. The molecule has 6 heteroatoms. The number of nitrogens with one attached hydrogen (secondary N) is 2. The number of aliphatic hydroxyl groups excluding tert-OH is 1. The number of hydrogen-bond acceptors (Lipinski definition) is 4. The van der Waals surface area contributed by atoms with Gasteiger partial charge in [0.15, 0.2) is 0 Å². The number of nitrogens with zero attached hydrogens (tertiary/aromatic N) is 1. The number of methoxy groups -OCH3 is 1. The van der Waals surface area contributed by atoms with Crippen LogP contribution >= 0.6 is 0 Å². The molecule has 1 aromatic carbocycles. The lowest BCUT2D eigenvalue weighted by Crippen LogP contribution is -2.31. The van der Waals surface area contributed by atoms with Crippen LogP contribution in [-0.4, -0.2) is 29.7 Å². The third-order valence-corrected chi connectivity index (χ3v) is 3.04. The largest absolute Gasteiger partial charge is 0.497 e. The molecule has 1 aromatic heterocycles. The van der Waals surface area contributed by atoms with Crippen molar-refractivity contribution in [1.82, 2.24) is 10.3 Å². The van der Waals surface area contributed by atoms with E-state index in [2.05, 4.69) is 10.3 Å². The topological polar surface area (TPSA) is 98.1 Å². The standard InChI is InChI=1S/C15H15N3O3/c1-21-12-4-2-3-11(6-12)14(9-19)18-15(20)13-5-10(7-16)8-17-13/h2-6,8,14,17,19H,9H2,1H3,(H,18,20)/t14-/m1/s1. The Hall–Kier alpha value is -2.78. The Morgan fingerprint density at radius 1 is 1.52 bits per heavy atom. The third kappa shape index (κ3) is 3.41. The molecular formula is C15H15N3O3. The van der Waals surface area contributed by atoms with Crippen molar-refractivity contribution in [2.75, 3.05) is 13.7 Å². The zero-order valence-electron chi connectivity index (χ0n) is 11.5. The minimum atomic E-state index is -0.554. The van der Waals surface area contributed by atoms with Gasteiger partial charge in [-0.2, -0.15) is 5.26 Å². The van der Waals surface area contributed by atoms with Crippen molar-refractivity contribution in [3.8, 4) is 11.8 Å². The molecule has 0 bridgehead atoms. The quantitative estimate of drug-likeness (QED) is 0.772. The van der Waals surface area contributed by atoms with Crippen molar-refractivity contribution in [2.45, 2.75) is 6.04 Å². The van der Waals surface area contributed by atoms with E-state index >= 15 is 0 Å². The minimum Gasteiger partial charge on any atom is -0.497 e. The smallest absolute Gasteiger partial charge is 0.268 e. The number of aliphatic hydroxyl groups is 1. The van der Waals surface area contributed by atoms with Crippen molar-refractivity contribution >= 4 is 5.91 Å². The van der Waals surface area contributed by atoms with Gasteiger partial charge in [-0.1, -0.05) is 12.1 Å². The summed E-state index contributed by atoms with van der Waals surface area (Å²) in [4.78, 5) is 14.8. The van der Waals surface area contributed by atoms with Crippen LogP contribution in [0, 0.1) is 11.3 Å². The Kier molecular flexibility index (Phi) is 4.59. The van der Waals surface area contributed by atoms with Crippen molar-refractivity contribution < 1.29 is 14.6 Å². The van der Waals surface area contributed by atoms with Crippen molar-refractivity contribution in [2.24, 2.45) is 0 Å². The second kappa shape index (κ2) is 6.59. The van der Waals surface area contributed by atoms with Gasteiger partial charge in [0.2, 0.25) is 0 Å². The van der Waals surface area contributed by atoms with E-state index in [0.717, 1.165) is 5.56 Å². The molecule has 0 spiro atoms. The first-order valence-corrected chi connectivity index (χ1v) is 6.32. The van der Waals surface area contributed by atoms with Gasteiger partial charge in [0.05, 0.1) is 25.3 Å². The molecular weight excluding hydrogens is 270 g/mol. The number of H-pyrrole nitrogens is 1. The first-order valence-electron chi connectivity index (χ1n) is 6.32. The number of ether oxygens (including phenoxy) is 1. The summed E-state index contributed by atoms with van der Waals surface area (Å²) in [7, 11) is 1.55. The number of aromatic nitrogens is 1. The van der Waals surface area contributed by atoms with E-state index in [1.54, 1.807) is 31.4 Å². The lowest BCUT2D eigenvalue weighted by molar-refractivity contribution is 0.0911. The molecule has 0 aliphatic carbocycles. The van der Waals surface area contributed by atoms with Crippen molar-refractivity contribution in [3.63, 3.8) is 0 Å². The Morgan fingerprint density at radius 3 is 2.95 bits per heavy atom. The zero-order chi connectivity index (χ0) is 15.2. The van der Waals surface area contributed by atoms with E-state index in [0.29, 0.717) is 11.3 Å². The first-order chi connectivity index (χ1) is 10.2. The van der Waals surface area contributed by atoms with Gasteiger partial charge in [-0.05, 0) is 23.8 Å². The van der Waals surface area contributed by atoms with Gasteiger partial charge < -0.3 is 20.1 Å². The van der Waals surface area contributed by atoms with Gasteiger partial charge in [0.25, 0.3) is 5.91 Å². The average molecular weight is 285 g/mol. The molecule has 21 heavy (non-hydrogen) atoms. The molecule has 1 atom stereocenters. The lowest BCUT2D eigenvalue weighted by atomic mass is 10.1. The maximum atomic E-state index is 12.1. The Balaban J connectivity index is 2.14. The highest BCUT2D eigenvalue weighted by Crippen LogP contribution is 2.19. The number of aromatic amines is 1. The second-order valence-corrected chi connectivity index (χ2v) is 4.40. The normalized spacial score (nSPS) is 11.5. The number of nitriles is 1. The summed E-state index contributed by atoms with van der Waals surface area (Å²) in [6.45, 7) is -0.245. The van der Waals surface area contributed by atoms with Crippen LogP contribution in [0.3, 0.4) is 0 Å². The molecule has 0 saturated heterocycles. The molecule has 2 rings (SSSR count). The first kappa shape index (κ1) is 14.6. The SMILES string of the molecule is COc1cccc([C@@H](CO)NC(=O)c2cc(C#N)c[nH]2)c1. The molecule has 108 valence electrons. The van der Waals surface area contributed by atoms with E-state index in [9.17, 15) is 9.90 Å². The molecule has 1 heterocycles. The molecule has 0 aliphatic heterocycles. The number of carbonyl (C=O) groups excluding carboxylic acids is 1. The summed E-state index contributed by atoms with van der Waals surface area (Å²) >= 11 is 0. The summed E-state index contributed by atoms with van der Waals surface area (Å²) in [5, 5.41) is 20.9. The van der Waals surface area contributed by atoms with Gasteiger partial charge in [0, 0.05) is 6.20 Å². The minimum absolute atomic E-state index is 0.245. The highest BCUT2D eigenvalue weighted by Gasteiger charge is 2.16. The zero-order valence-corrected chi connectivity index (χ0v) is 11.5. The van der Waals surface area contributed by atoms with Crippen LogP contribution in [0.25, 0.3) is 0 Å². The lowest BCUT2D eigenvalue weighted by Gasteiger charge is -2.17. The molecule has 3 N–H and O–H groups in total. The van der Waals surface area contributed by atoms with Crippen LogP contribution in [-0.2, 0) is 0 Å². The molecule has 0 fully saturated rings. The van der Waals surface area contributed by atoms with E-state index in [1.165, 1.54) is 12.3 Å². The van der Waals surface area contributed by atoms with Gasteiger partial charge >= 0.3 is 0 Å². The molecule has 0 radical (unpaired) electrons. The van der Waals surface area contributed by atoms with E-state index < -0.39 is 11.9 Å². The van der Waals surface area contributed by atoms with Gasteiger partial charge in [-0.25, -0.2) is 0 Å². The Morgan fingerprint density at radius 2 is 2.33 bits per heavy atom. The fourth-order valence-corrected chi connectivity index (χ4v) is 1.92. The maximum absolute atomic E-state index is 12.1. The van der Waals surface area contributed by atoms with Crippen molar-refractivity contribution in [3.05, 3.63) is 53.3 Å². The summed E-state index contributed by atoms with van der Waals surface area (Å²) in [6.07, 6.45) is 1.45. The molecule has 0 aliphatic rings. The number of carbonyl (C=O) groups is 1. The maximum Gasteiger partial charge on any atom is 0.268 e. The van der Waals surface area contributed by atoms with Crippen LogP contribution < -0.4 is 10.1 Å². The van der Waals surface area contributed by atoms with Crippen LogP contribution in [0.4, 0.5) is 0 Å². The molecule has 2 aromatic rings. The van der Waals surface area contributed by atoms with Crippen molar-refractivity contribution in [1.29, 1.82) is 5.26 Å². The van der Waals surface area contributed by atoms with E-state index in [4.69, 9.17) is 10.00 Å².